The number of carbonyl (C=O) groups is 1. The van der Waals surface area contributed by atoms with E-state index in [1.54, 1.807) is 13.2 Å². The fraction of sp³-hybridized carbons (Fsp3) is 0.316. The molecule has 0 bridgehead atoms. The zero-order valence-electron chi connectivity index (χ0n) is 14.4. The summed E-state index contributed by atoms with van der Waals surface area (Å²) in [7, 11) is 3.01. The normalized spacial score (nSPS) is 11.7. The monoisotopic (exact) mass is 331 g/mol. The third-order valence-electron chi connectivity index (χ3n) is 3.95. The van der Waals surface area contributed by atoms with E-state index < -0.39 is 5.82 Å². The Hall–Kier alpha value is -2.56. The highest BCUT2D eigenvalue weighted by molar-refractivity contribution is 5.94. The Kier molecular flexibility index (Phi) is 5.79. The fourth-order valence-corrected chi connectivity index (χ4v) is 2.59. The van der Waals surface area contributed by atoms with Crippen LogP contribution in [0.1, 0.15) is 40.9 Å². The molecule has 24 heavy (non-hydrogen) atoms. The molecule has 0 saturated heterocycles. The predicted octanol–water partition coefficient (Wildman–Crippen LogP) is 4.03. The van der Waals surface area contributed by atoms with E-state index in [-0.39, 0.29) is 23.3 Å². The molecule has 2 aromatic carbocycles. The molecule has 1 atom stereocenters. The summed E-state index contributed by atoms with van der Waals surface area (Å²) in [5, 5.41) is 2.94. The van der Waals surface area contributed by atoms with Gasteiger partial charge in [-0.25, -0.2) is 4.39 Å². The van der Waals surface area contributed by atoms with Crippen molar-refractivity contribution in [2.24, 2.45) is 0 Å². The van der Waals surface area contributed by atoms with Gasteiger partial charge in [0.2, 0.25) is 0 Å². The summed E-state index contributed by atoms with van der Waals surface area (Å²) in [5.41, 5.74) is 2.24. The maximum Gasteiger partial charge on any atom is 0.251 e. The number of hydrogen-bond donors (Lipinski definition) is 1. The second-order valence-electron chi connectivity index (χ2n) is 5.51. The van der Waals surface area contributed by atoms with Crippen molar-refractivity contribution in [2.75, 3.05) is 14.2 Å². The van der Waals surface area contributed by atoms with Gasteiger partial charge in [0.25, 0.3) is 5.91 Å². The number of amides is 1. The van der Waals surface area contributed by atoms with Crippen molar-refractivity contribution >= 4 is 5.91 Å². The van der Waals surface area contributed by atoms with Crippen LogP contribution < -0.4 is 14.8 Å². The van der Waals surface area contributed by atoms with Crippen LogP contribution in [0.25, 0.3) is 0 Å². The molecule has 2 rings (SSSR count). The average molecular weight is 331 g/mol. The van der Waals surface area contributed by atoms with Crippen LogP contribution in [0.15, 0.2) is 36.4 Å². The highest BCUT2D eigenvalue weighted by atomic mass is 19.1. The molecule has 0 unspecified atom stereocenters. The van der Waals surface area contributed by atoms with Gasteiger partial charge >= 0.3 is 0 Å². The lowest BCUT2D eigenvalue weighted by Crippen LogP contribution is -2.28. The average Bonchev–Trinajstić information content (AvgIpc) is 2.59. The Labute approximate surface area is 141 Å². The minimum absolute atomic E-state index is 0.115. The number of hydrogen-bond acceptors (Lipinski definition) is 3. The molecule has 0 aromatic heterocycles. The third kappa shape index (κ3) is 3.85. The summed E-state index contributed by atoms with van der Waals surface area (Å²) < 4.78 is 23.9. The molecule has 128 valence electrons. The van der Waals surface area contributed by atoms with Crippen LogP contribution in [-0.4, -0.2) is 20.1 Å². The highest BCUT2D eigenvalue weighted by Crippen LogP contribution is 2.25. The van der Waals surface area contributed by atoms with E-state index in [1.807, 2.05) is 32.0 Å². The molecule has 0 heterocycles. The topological polar surface area (TPSA) is 47.6 Å². The molecule has 0 spiro atoms. The molecule has 0 aliphatic heterocycles. The quantitative estimate of drug-likeness (QED) is 0.869. The Bertz CT molecular complexity index is 731. The molecule has 4 nitrogen and oxygen atoms in total. The third-order valence-corrected chi connectivity index (χ3v) is 3.95. The maximum atomic E-state index is 13.8. The largest absolute Gasteiger partial charge is 0.496 e. The molecule has 2 aromatic rings. The number of rotatable bonds is 6. The minimum atomic E-state index is -0.557. The second kappa shape index (κ2) is 7.81. The lowest BCUT2D eigenvalue weighted by Gasteiger charge is -2.19. The summed E-state index contributed by atoms with van der Waals surface area (Å²) in [6.07, 6.45) is 0.718. The van der Waals surface area contributed by atoms with E-state index in [2.05, 4.69) is 5.32 Å². The number of benzene rings is 2. The van der Waals surface area contributed by atoms with Crippen LogP contribution >= 0.6 is 0 Å². The van der Waals surface area contributed by atoms with Crippen LogP contribution in [0.3, 0.4) is 0 Å². The first-order valence-electron chi connectivity index (χ1n) is 7.79. The van der Waals surface area contributed by atoms with Crippen molar-refractivity contribution in [1.29, 1.82) is 0 Å². The molecular formula is C19H22FNO3. The van der Waals surface area contributed by atoms with Crippen LogP contribution in [-0.2, 0) is 0 Å². The SMILES string of the molecule is CC[C@H](NC(=O)c1ccc(OC)c(F)c1)c1ccc(OC)c(C)c1. The number of nitrogens with one attached hydrogen (secondary N) is 1. The number of ether oxygens (including phenoxy) is 2. The van der Waals surface area contributed by atoms with E-state index in [0.717, 1.165) is 23.3 Å². The Morgan fingerprint density at radius 1 is 1.12 bits per heavy atom. The number of aryl methyl sites for hydroxylation is 1. The van der Waals surface area contributed by atoms with Gasteiger partial charge in [0.1, 0.15) is 5.75 Å². The van der Waals surface area contributed by atoms with Gasteiger partial charge in [-0.2, -0.15) is 0 Å². The lowest BCUT2D eigenvalue weighted by atomic mass is 10.0. The van der Waals surface area contributed by atoms with Gasteiger partial charge in [-0.1, -0.05) is 19.1 Å². The highest BCUT2D eigenvalue weighted by Gasteiger charge is 2.16. The molecule has 0 saturated carbocycles. The lowest BCUT2D eigenvalue weighted by molar-refractivity contribution is 0.0935. The van der Waals surface area contributed by atoms with Crippen molar-refractivity contribution in [2.45, 2.75) is 26.3 Å². The molecule has 0 fully saturated rings. The first-order valence-corrected chi connectivity index (χ1v) is 7.79. The number of halogens is 1. The van der Waals surface area contributed by atoms with Crippen molar-refractivity contribution in [1.82, 2.24) is 5.32 Å². The van der Waals surface area contributed by atoms with Crippen LogP contribution in [0.4, 0.5) is 4.39 Å². The summed E-state index contributed by atoms with van der Waals surface area (Å²) in [4.78, 5) is 12.4. The molecule has 1 N–H and O–H groups in total. The van der Waals surface area contributed by atoms with E-state index >= 15 is 0 Å². The Balaban J connectivity index is 2.19. The van der Waals surface area contributed by atoms with Crippen molar-refractivity contribution in [3.05, 3.63) is 58.9 Å². The maximum absolute atomic E-state index is 13.8. The molecular weight excluding hydrogens is 309 g/mol. The van der Waals surface area contributed by atoms with Gasteiger partial charge in [-0.05, 0) is 48.7 Å². The number of carbonyl (C=O) groups excluding carboxylic acids is 1. The van der Waals surface area contributed by atoms with E-state index in [0.29, 0.717) is 0 Å². The van der Waals surface area contributed by atoms with E-state index in [1.165, 1.54) is 19.2 Å². The van der Waals surface area contributed by atoms with Crippen molar-refractivity contribution < 1.29 is 18.7 Å². The summed E-state index contributed by atoms with van der Waals surface area (Å²) in [6, 6.07) is 9.81. The molecule has 5 heteroatoms. The standard InChI is InChI=1S/C19H22FNO3/c1-5-16(13-6-8-17(23-3)12(2)10-13)21-19(22)14-7-9-18(24-4)15(20)11-14/h6-11,16H,5H2,1-4H3,(H,21,22)/t16-/m0/s1. The first-order chi connectivity index (χ1) is 11.5. The smallest absolute Gasteiger partial charge is 0.251 e. The van der Waals surface area contributed by atoms with Gasteiger partial charge in [0.05, 0.1) is 20.3 Å². The van der Waals surface area contributed by atoms with Crippen LogP contribution in [0.2, 0.25) is 0 Å². The molecule has 0 aliphatic carbocycles. The Morgan fingerprint density at radius 3 is 2.33 bits per heavy atom. The zero-order chi connectivity index (χ0) is 17.7. The van der Waals surface area contributed by atoms with Gasteiger partial charge in [0, 0.05) is 5.56 Å². The molecule has 1 amide bonds. The van der Waals surface area contributed by atoms with Gasteiger partial charge in [-0.3, -0.25) is 4.79 Å². The summed E-state index contributed by atoms with van der Waals surface area (Å²) in [5.74, 6) is 0.0388. The van der Waals surface area contributed by atoms with Gasteiger partial charge < -0.3 is 14.8 Å². The molecule has 0 radical (unpaired) electrons. The van der Waals surface area contributed by atoms with Crippen LogP contribution in [0, 0.1) is 12.7 Å². The Morgan fingerprint density at radius 2 is 1.79 bits per heavy atom. The second-order valence-corrected chi connectivity index (χ2v) is 5.51. The van der Waals surface area contributed by atoms with Crippen LogP contribution in [0.5, 0.6) is 11.5 Å². The number of methoxy groups -OCH3 is 2. The first kappa shape index (κ1) is 17.8. The predicted molar refractivity (Wildman–Crippen MR) is 91.2 cm³/mol. The summed E-state index contributed by atoms with van der Waals surface area (Å²) in [6.45, 7) is 3.94. The summed E-state index contributed by atoms with van der Waals surface area (Å²) >= 11 is 0. The fourth-order valence-electron chi connectivity index (χ4n) is 2.59. The van der Waals surface area contributed by atoms with E-state index in [4.69, 9.17) is 9.47 Å². The molecule has 0 aliphatic rings. The minimum Gasteiger partial charge on any atom is -0.496 e. The van der Waals surface area contributed by atoms with Crippen molar-refractivity contribution in [3.63, 3.8) is 0 Å². The van der Waals surface area contributed by atoms with Gasteiger partial charge in [-0.15, -0.1) is 0 Å². The van der Waals surface area contributed by atoms with Gasteiger partial charge in [0.15, 0.2) is 11.6 Å². The van der Waals surface area contributed by atoms with Crippen molar-refractivity contribution in [3.8, 4) is 11.5 Å². The van der Waals surface area contributed by atoms with E-state index in [9.17, 15) is 9.18 Å². The zero-order valence-corrected chi connectivity index (χ0v) is 14.4.